The Morgan fingerprint density at radius 2 is 1.58 bits per heavy atom. The van der Waals surface area contributed by atoms with E-state index < -0.39 is 10.0 Å². The maximum absolute atomic E-state index is 12.6. The van der Waals surface area contributed by atoms with Crippen LogP contribution in [0.25, 0.3) is 0 Å². The summed E-state index contributed by atoms with van der Waals surface area (Å²) in [5.41, 5.74) is 0.630. The zero-order valence-corrected chi connectivity index (χ0v) is 12.0. The predicted octanol–water partition coefficient (Wildman–Crippen LogP) is 3.56. The number of para-hydroxylation sites is 1. The van der Waals surface area contributed by atoms with Crippen molar-refractivity contribution in [3.05, 3.63) is 59.6 Å². The van der Waals surface area contributed by atoms with Gasteiger partial charge in [-0.05, 0) is 31.2 Å². The zero-order valence-electron chi connectivity index (χ0n) is 10.5. The van der Waals surface area contributed by atoms with Crippen LogP contribution in [0.1, 0.15) is 6.92 Å². The Morgan fingerprint density at radius 1 is 1.00 bits per heavy atom. The number of hydrogen-bond acceptors (Lipinski definition) is 2. The smallest absolute Gasteiger partial charge is 0.265 e. The summed E-state index contributed by atoms with van der Waals surface area (Å²) in [7, 11) is -3.63. The van der Waals surface area contributed by atoms with Crippen LogP contribution in [0.2, 0.25) is 5.02 Å². The third kappa shape index (κ3) is 2.74. The highest BCUT2D eigenvalue weighted by Crippen LogP contribution is 2.27. The first-order valence-electron chi connectivity index (χ1n) is 5.89. The van der Waals surface area contributed by atoms with Gasteiger partial charge in [0.2, 0.25) is 0 Å². The van der Waals surface area contributed by atoms with Gasteiger partial charge in [-0.1, -0.05) is 41.9 Å². The molecule has 0 saturated carbocycles. The number of sulfonamides is 1. The molecule has 0 amide bonds. The highest BCUT2D eigenvalue weighted by molar-refractivity contribution is 7.93. The summed E-state index contributed by atoms with van der Waals surface area (Å²) < 4.78 is 26.6. The molecule has 0 N–H and O–H groups in total. The first-order chi connectivity index (χ1) is 9.07. The monoisotopic (exact) mass is 295 g/mol. The van der Waals surface area contributed by atoms with E-state index in [0.29, 0.717) is 12.2 Å². The number of rotatable bonds is 4. The van der Waals surface area contributed by atoms with Gasteiger partial charge in [0.25, 0.3) is 10.0 Å². The van der Waals surface area contributed by atoms with Crippen LogP contribution in [0.15, 0.2) is 59.5 Å². The Bertz CT molecular complexity index is 656. The van der Waals surface area contributed by atoms with Crippen molar-refractivity contribution in [2.24, 2.45) is 0 Å². The molecule has 3 nitrogen and oxygen atoms in total. The van der Waals surface area contributed by atoms with Crippen molar-refractivity contribution in [1.29, 1.82) is 0 Å². The van der Waals surface area contributed by atoms with Crippen LogP contribution in [0.5, 0.6) is 0 Å². The Morgan fingerprint density at radius 3 is 2.16 bits per heavy atom. The normalized spacial score (nSPS) is 11.3. The lowest BCUT2D eigenvalue weighted by Crippen LogP contribution is -2.30. The van der Waals surface area contributed by atoms with Gasteiger partial charge in [-0.25, -0.2) is 8.42 Å². The molecule has 2 aromatic carbocycles. The quantitative estimate of drug-likeness (QED) is 0.865. The van der Waals surface area contributed by atoms with Crippen molar-refractivity contribution in [2.45, 2.75) is 11.8 Å². The first kappa shape index (κ1) is 13.9. The minimum Gasteiger partial charge on any atom is -0.267 e. The van der Waals surface area contributed by atoms with Gasteiger partial charge in [-0.15, -0.1) is 0 Å². The Balaban J connectivity index is 2.52. The fraction of sp³-hybridized carbons (Fsp3) is 0.143. The minimum absolute atomic E-state index is 0.127. The molecular formula is C14H14ClNO2S. The van der Waals surface area contributed by atoms with Crippen LogP contribution >= 0.6 is 11.6 Å². The van der Waals surface area contributed by atoms with Crippen molar-refractivity contribution in [3.8, 4) is 0 Å². The van der Waals surface area contributed by atoms with Gasteiger partial charge in [0.05, 0.1) is 10.7 Å². The van der Waals surface area contributed by atoms with Crippen molar-refractivity contribution in [3.63, 3.8) is 0 Å². The van der Waals surface area contributed by atoms with Gasteiger partial charge in [-0.3, -0.25) is 4.31 Å². The van der Waals surface area contributed by atoms with E-state index >= 15 is 0 Å². The summed E-state index contributed by atoms with van der Waals surface area (Å²) in [5, 5.41) is 0.233. The SMILES string of the molecule is CCN(c1ccccc1)S(=O)(=O)c1ccccc1Cl. The van der Waals surface area contributed by atoms with Gasteiger partial charge in [-0.2, -0.15) is 0 Å². The van der Waals surface area contributed by atoms with E-state index in [9.17, 15) is 8.42 Å². The lowest BCUT2D eigenvalue weighted by Gasteiger charge is -2.23. The lowest BCUT2D eigenvalue weighted by molar-refractivity contribution is 0.592. The van der Waals surface area contributed by atoms with Crippen LogP contribution in [0, 0.1) is 0 Å². The van der Waals surface area contributed by atoms with Gasteiger partial charge in [0.15, 0.2) is 0 Å². The summed E-state index contributed by atoms with van der Waals surface area (Å²) in [6.45, 7) is 2.14. The summed E-state index contributed by atoms with van der Waals surface area (Å²) >= 11 is 5.99. The lowest BCUT2D eigenvalue weighted by atomic mass is 10.3. The Labute approximate surface area is 118 Å². The molecule has 5 heteroatoms. The molecule has 0 aromatic heterocycles. The second kappa shape index (κ2) is 5.63. The van der Waals surface area contributed by atoms with E-state index in [1.807, 2.05) is 6.07 Å². The number of benzene rings is 2. The fourth-order valence-electron chi connectivity index (χ4n) is 1.86. The Hall–Kier alpha value is -1.52. The largest absolute Gasteiger partial charge is 0.267 e. The molecule has 0 unspecified atom stereocenters. The van der Waals surface area contributed by atoms with Crippen molar-refractivity contribution in [1.82, 2.24) is 0 Å². The van der Waals surface area contributed by atoms with Crippen molar-refractivity contribution >= 4 is 27.3 Å². The van der Waals surface area contributed by atoms with Crippen LogP contribution in [0.4, 0.5) is 5.69 Å². The number of anilines is 1. The molecule has 0 saturated heterocycles. The van der Waals surface area contributed by atoms with E-state index in [0.717, 1.165) is 0 Å². The molecule has 2 aromatic rings. The molecule has 0 heterocycles. The van der Waals surface area contributed by atoms with Crippen LogP contribution < -0.4 is 4.31 Å². The molecular weight excluding hydrogens is 282 g/mol. The summed E-state index contributed by atoms with van der Waals surface area (Å²) in [6.07, 6.45) is 0. The van der Waals surface area contributed by atoms with E-state index in [-0.39, 0.29) is 9.92 Å². The maximum atomic E-state index is 12.6. The van der Waals surface area contributed by atoms with Gasteiger partial charge in [0, 0.05) is 6.54 Å². The highest BCUT2D eigenvalue weighted by Gasteiger charge is 2.25. The number of hydrogen-bond donors (Lipinski definition) is 0. The molecule has 0 spiro atoms. The molecule has 100 valence electrons. The topological polar surface area (TPSA) is 37.4 Å². The van der Waals surface area contributed by atoms with E-state index in [1.165, 1.54) is 10.4 Å². The number of nitrogens with zero attached hydrogens (tertiary/aromatic N) is 1. The summed E-state index contributed by atoms with van der Waals surface area (Å²) in [4.78, 5) is 0.127. The first-order valence-corrected chi connectivity index (χ1v) is 7.71. The Kier molecular flexibility index (Phi) is 4.12. The molecule has 0 atom stereocenters. The van der Waals surface area contributed by atoms with Crippen molar-refractivity contribution < 1.29 is 8.42 Å². The van der Waals surface area contributed by atoms with Crippen LogP contribution in [0.3, 0.4) is 0 Å². The maximum Gasteiger partial charge on any atom is 0.265 e. The molecule has 19 heavy (non-hydrogen) atoms. The van der Waals surface area contributed by atoms with Gasteiger partial charge < -0.3 is 0 Å². The summed E-state index contributed by atoms with van der Waals surface area (Å²) in [5.74, 6) is 0. The molecule has 0 fully saturated rings. The zero-order chi connectivity index (χ0) is 13.9. The summed E-state index contributed by atoms with van der Waals surface area (Å²) in [6, 6.07) is 15.4. The highest BCUT2D eigenvalue weighted by atomic mass is 35.5. The standard InChI is InChI=1S/C14H14ClNO2S/c1-2-16(12-8-4-3-5-9-12)19(17,18)14-11-7-6-10-13(14)15/h3-11H,2H2,1H3. The second-order valence-corrected chi connectivity index (χ2v) is 6.17. The molecule has 0 radical (unpaired) electrons. The molecule has 2 rings (SSSR count). The second-order valence-electron chi connectivity index (χ2n) is 3.94. The third-order valence-electron chi connectivity index (χ3n) is 2.74. The number of halogens is 1. The van der Waals surface area contributed by atoms with Crippen LogP contribution in [-0.2, 0) is 10.0 Å². The van der Waals surface area contributed by atoms with E-state index in [1.54, 1.807) is 49.4 Å². The van der Waals surface area contributed by atoms with E-state index in [4.69, 9.17) is 11.6 Å². The molecule has 0 aliphatic heterocycles. The van der Waals surface area contributed by atoms with Gasteiger partial charge in [0.1, 0.15) is 4.90 Å². The van der Waals surface area contributed by atoms with Gasteiger partial charge >= 0.3 is 0 Å². The third-order valence-corrected chi connectivity index (χ3v) is 5.14. The minimum atomic E-state index is -3.63. The average molecular weight is 296 g/mol. The predicted molar refractivity (Wildman–Crippen MR) is 78.1 cm³/mol. The van der Waals surface area contributed by atoms with Crippen LogP contribution in [-0.4, -0.2) is 15.0 Å². The molecule has 0 aliphatic carbocycles. The van der Waals surface area contributed by atoms with E-state index in [2.05, 4.69) is 0 Å². The van der Waals surface area contributed by atoms with Crippen molar-refractivity contribution in [2.75, 3.05) is 10.8 Å². The fourth-order valence-corrected chi connectivity index (χ4v) is 3.83. The average Bonchev–Trinajstić information content (AvgIpc) is 2.40. The molecule has 0 aliphatic rings. The molecule has 0 bridgehead atoms.